The Morgan fingerprint density at radius 1 is 1.36 bits per heavy atom. The summed E-state index contributed by atoms with van der Waals surface area (Å²) < 4.78 is 16.3. The van der Waals surface area contributed by atoms with Crippen LogP contribution in [0, 0.1) is 0 Å². The highest BCUT2D eigenvalue weighted by molar-refractivity contribution is 7.99. The first-order chi connectivity index (χ1) is 6.73. The summed E-state index contributed by atoms with van der Waals surface area (Å²) in [6.45, 7) is 0. The van der Waals surface area contributed by atoms with Crippen LogP contribution in [-0.2, 0) is 9.73 Å². The maximum absolute atomic E-state index is 11.9. The summed E-state index contributed by atoms with van der Waals surface area (Å²) in [5, 5.41) is 0. The molecule has 0 radical (unpaired) electrons. The highest BCUT2D eigenvalue weighted by Crippen LogP contribution is 2.30. The number of thioether (sulfide) groups is 1. The Balaban J connectivity index is 2.42. The van der Waals surface area contributed by atoms with Gasteiger partial charge in [0.1, 0.15) is 0 Å². The van der Waals surface area contributed by atoms with Gasteiger partial charge >= 0.3 is 0 Å². The fourth-order valence-corrected chi connectivity index (χ4v) is 3.45. The van der Waals surface area contributed by atoms with E-state index in [0.717, 1.165) is 28.5 Å². The lowest BCUT2D eigenvalue weighted by molar-refractivity contribution is 0.663. The number of hydrogen-bond donors (Lipinski definition) is 0. The normalized spacial score (nSPS) is 18.6. The maximum atomic E-state index is 11.9. The van der Waals surface area contributed by atoms with Crippen LogP contribution in [0.5, 0.6) is 0 Å². The lowest BCUT2D eigenvalue weighted by atomic mass is 10.3. The van der Waals surface area contributed by atoms with Crippen molar-refractivity contribution < 1.29 is 4.21 Å². The molecule has 0 atom stereocenters. The van der Waals surface area contributed by atoms with Gasteiger partial charge in [-0.2, -0.15) is 4.36 Å². The zero-order valence-corrected chi connectivity index (χ0v) is 9.74. The maximum Gasteiger partial charge on any atom is 0.0865 e. The van der Waals surface area contributed by atoms with Gasteiger partial charge < -0.3 is 0 Å². The molecule has 0 spiro atoms. The topological polar surface area (TPSA) is 29.4 Å². The molecule has 0 saturated carbocycles. The van der Waals surface area contributed by atoms with Gasteiger partial charge in [0.05, 0.1) is 15.4 Å². The molecule has 0 aliphatic carbocycles. The minimum atomic E-state index is -1.86. The minimum absolute atomic E-state index is 0.774. The van der Waals surface area contributed by atoms with Crippen LogP contribution >= 0.6 is 11.8 Å². The van der Waals surface area contributed by atoms with E-state index >= 15 is 0 Å². The van der Waals surface area contributed by atoms with Crippen molar-refractivity contribution in [3.8, 4) is 0 Å². The highest BCUT2D eigenvalue weighted by Gasteiger charge is 2.19. The third-order valence-electron chi connectivity index (χ3n) is 2.28. The van der Waals surface area contributed by atoms with E-state index in [9.17, 15) is 4.21 Å². The molecule has 76 valence electrons. The van der Waals surface area contributed by atoms with Crippen molar-refractivity contribution in [2.75, 3.05) is 17.8 Å². The second-order valence-corrected chi connectivity index (χ2v) is 6.69. The predicted molar refractivity (Wildman–Crippen MR) is 62.8 cm³/mol. The molecular formula is C10H13NOS2. The van der Waals surface area contributed by atoms with Crippen LogP contribution in [0.1, 0.15) is 6.42 Å². The van der Waals surface area contributed by atoms with E-state index in [1.165, 1.54) is 0 Å². The lowest BCUT2D eigenvalue weighted by Crippen LogP contribution is -2.22. The zero-order chi connectivity index (χ0) is 10.0. The van der Waals surface area contributed by atoms with Crippen molar-refractivity contribution in [1.82, 2.24) is 0 Å². The molecule has 1 aliphatic heterocycles. The third kappa shape index (κ3) is 1.96. The van der Waals surface area contributed by atoms with E-state index in [-0.39, 0.29) is 0 Å². The molecule has 1 aromatic rings. The van der Waals surface area contributed by atoms with E-state index in [1.807, 2.05) is 30.5 Å². The first-order valence-electron chi connectivity index (χ1n) is 4.59. The summed E-state index contributed by atoms with van der Waals surface area (Å²) in [5.41, 5.74) is 0.893. The Bertz CT molecular complexity index is 437. The number of nitrogens with zero attached hydrogens (tertiary/aromatic N) is 1. The summed E-state index contributed by atoms with van der Waals surface area (Å²) in [6.07, 6.45) is 3.08. The smallest absolute Gasteiger partial charge is 0.0865 e. The van der Waals surface area contributed by atoms with E-state index in [1.54, 1.807) is 11.8 Å². The van der Waals surface area contributed by atoms with Gasteiger partial charge in [0.2, 0.25) is 0 Å². The Morgan fingerprint density at radius 3 is 2.64 bits per heavy atom. The van der Waals surface area contributed by atoms with E-state index in [2.05, 4.69) is 4.36 Å². The van der Waals surface area contributed by atoms with Gasteiger partial charge in [-0.05, 0) is 24.8 Å². The summed E-state index contributed by atoms with van der Waals surface area (Å²) in [4.78, 5) is 1.11. The van der Waals surface area contributed by atoms with Crippen molar-refractivity contribution >= 4 is 27.2 Å². The molecule has 4 heteroatoms. The molecule has 0 amide bonds. The number of benzene rings is 1. The van der Waals surface area contributed by atoms with E-state index in [0.29, 0.717) is 0 Å². The molecule has 2 nitrogen and oxygen atoms in total. The van der Waals surface area contributed by atoms with Crippen molar-refractivity contribution in [2.24, 2.45) is 4.36 Å². The quantitative estimate of drug-likeness (QED) is 0.727. The highest BCUT2D eigenvalue weighted by atomic mass is 32.2. The van der Waals surface area contributed by atoms with Crippen molar-refractivity contribution in [3.63, 3.8) is 0 Å². The third-order valence-corrected chi connectivity index (χ3v) is 5.44. The number of rotatable bonds is 2. The molecule has 1 saturated heterocycles. The summed E-state index contributed by atoms with van der Waals surface area (Å²) in [7, 11) is -1.86. The monoisotopic (exact) mass is 227 g/mol. The summed E-state index contributed by atoms with van der Waals surface area (Å²) >= 11 is 1.65. The number of hydrogen-bond acceptors (Lipinski definition) is 3. The van der Waals surface area contributed by atoms with Crippen LogP contribution in [0.3, 0.4) is 0 Å². The predicted octanol–water partition coefficient (Wildman–Crippen LogP) is 2.91. The van der Waals surface area contributed by atoms with Crippen LogP contribution in [-0.4, -0.2) is 22.0 Å². The molecule has 1 aromatic carbocycles. The molecule has 1 heterocycles. The molecule has 0 aromatic heterocycles. The summed E-state index contributed by atoms with van der Waals surface area (Å²) in [6, 6.07) is 7.89. The first-order valence-corrected chi connectivity index (χ1v) is 7.67. The van der Waals surface area contributed by atoms with Crippen LogP contribution in [0.4, 0.5) is 5.69 Å². The van der Waals surface area contributed by atoms with Gasteiger partial charge in [-0.1, -0.05) is 12.1 Å². The van der Waals surface area contributed by atoms with Gasteiger partial charge in [-0.3, -0.25) is 0 Å². The van der Waals surface area contributed by atoms with Gasteiger partial charge in [0.15, 0.2) is 0 Å². The van der Waals surface area contributed by atoms with E-state index in [4.69, 9.17) is 0 Å². The van der Waals surface area contributed by atoms with Crippen molar-refractivity contribution in [1.29, 1.82) is 0 Å². The second-order valence-electron chi connectivity index (χ2n) is 3.30. The second kappa shape index (κ2) is 3.95. The first kappa shape index (κ1) is 10.1. The van der Waals surface area contributed by atoms with E-state index < -0.39 is 9.73 Å². The van der Waals surface area contributed by atoms with Crippen molar-refractivity contribution in [3.05, 3.63) is 24.3 Å². The minimum Gasteiger partial charge on any atom is -0.249 e. The Kier molecular flexibility index (Phi) is 2.83. The molecule has 2 rings (SSSR count). The van der Waals surface area contributed by atoms with Gasteiger partial charge in [-0.15, -0.1) is 11.8 Å². The Labute approximate surface area is 89.3 Å². The van der Waals surface area contributed by atoms with Crippen LogP contribution in [0.25, 0.3) is 0 Å². The summed E-state index contributed by atoms with van der Waals surface area (Å²) in [5.74, 6) is 1.55. The Hall–Kier alpha value is -0.480. The standard InChI is InChI=1S/C10H13NOS2/c1-13-10-6-3-2-5-9(10)11-14(12)7-4-8-14/h2-3,5-6H,4,7-8H2,1H3. The largest absolute Gasteiger partial charge is 0.249 e. The van der Waals surface area contributed by atoms with Crippen LogP contribution in [0.15, 0.2) is 33.5 Å². The molecule has 14 heavy (non-hydrogen) atoms. The molecule has 0 bridgehead atoms. The van der Waals surface area contributed by atoms with Crippen LogP contribution in [0.2, 0.25) is 0 Å². The Morgan fingerprint density at radius 2 is 2.07 bits per heavy atom. The van der Waals surface area contributed by atoms with Gasteiger partial charge in [0.25, 0.3) is 0 Å². The molecule has 1 fully saturated rings. The average Bonchev–Trinajstić information content (AvgIpc) is 2.16. The van der Waals surface area contributed by atoms with Gasteiger partial charge in [0, 0.05) is 16.4 Å². The lowest BCUT2D eigenvalue weighted by Gasteiger charge is -2.18. The average molecular weight is 227 g/mol. The molecule has 0 N–H and O–H groups in total. The fourth-order valence-electron chi connectivity index (χ4n) is 1.37. The van der Waals surface area contributed by atoms with Crippen molar-refractivity contribution in [2.45, 2.75) is 11.3 Å². The van der Waals surface area contributed by atoms with Crippen LogP contribution < -0.4 is 0 Å². The van der Waals surface area contributed by atoms with Gasteiger partial charge in [-0.25, -0.2) is 4.21 Å². The molecular weight excluding hydrogens is 214 g/mol. The SMILES string of the molecule is CSc1ccccc1N=S1(=O)CCC1. The molecule has 0 unspecified atom stereocenters. The fraction of sp³-hybridized carbons (Fsp3) is 0.400. The zero-order valence-electron chi connectivity index (χ0n) is 8.10. The molecule has 1 aliphatic rings.